The lowest BCUT2D eigenvalue weighted by Gasteiger charge is -2.49. The third-order valence-electron chi connectivity index (χ3n) is 8.18. The van der Waals surface area contributed by atoms with Gasteiger partial charge in [0, 0.05) is 0 Å². The topological polar surface area (TPSA) is 0 Å². The molecule has 2 bridgehead atoms. The maximum absolute atomic E-state index is 4.64. The van der Waals surface area contributed by atoms with E-state index in [9.17, 15) is 0 Å². The third kappa shape index (κ3) is 9.93. The molecule has 3 rings (SSSR count). The molecule has 6 unspecified atom stereocenters. The Morgan fingerprint density at radius 3 is 1.75 bits per heavy atom. The Morgan fingerprint density at radius 1 is 0.750 bits per heavy atom. The average molecular weight is 453 g/mol. The minimum absolute atomic E-state index is 0.584. The summed E-state index contributed by atoms with van der Waals surface area (Å²) >= 11 is 0. The highest BCUT2D eigenvalue weighted by Gasteiger charge is 2.52. The summed E-state index contributed by atoms with van der Waals surface area (Å²) in [6.07, 6.45) is 15.9. The van der Waals surface area contributed by atoms with Crippen molar-refractivity contribution in [2.24, 2.45) is 35.0 Å². The second kappa shape index (κ2) is 22.5. The Kier molecular flexibility index (Phi) is 25.6. The summed E-state index contributed by atoms with van der Waals surface area (Å²) in [4.78, 5) is 0. The van der Waals surface area contributed by atoms with Gasteiger partial charge in [-0.15, -0.1) is 0 Å². The molecule has 0 radical (unpaired) electrons. The van der Waals surface area contributed by atoms with E-state index in [4.69, 9.17) is 0 Å². The number of fused-ring (bicyclic) bond motifs is 5. The zero-order valence-electron chi connectivity index (χ0n) is 25.4. The van der Waals surface area contributed by atoms with Gasteiger partial charge in [0.05, 0.1) is 0 Å². The fraction of sp³-hybridized carbons (Fsp3) is 0.938. The smallest absolute Gasteiger partial charge is 0.0172 e. The van der Waals surface area contributed by atoms with Crippen LogP contribution in [-0.4, -0.2) is 0 Å². The van der Waals surface area contributed by atoms with Crippen LogP contribution in [0.25, 0.3) is 0 Å². The first-order chi connectivity index (χ1) is 15.6. The second-order valence-corrected chi connectivity index (χ2v) is 9.12. The lowest BCUT2D eigenvalue weighted by Crippen LogP contribution is -2.42. The van der Waals surface area contributed by atoms with Crippen LogP contribution < -0.4 is 0 Å². The van der Waals surface area contributed by atoms with Crippen molar-refractivity contribution in [2.75, 3.05) is 0 Å². The van der Waals surface area contributed by atoms with Gasteiger partial charge in [0.15, 0.2) is 0 Å². The van der Waals surface area contributed by atoms with Gasteiger partial charge in [-0.2, -0.15) is 0 Å². The van der Waals surface area contributed by atoms with Crippen molar-refractivity contribution in [3.63, 3.8) is 0 Å². The van der Waals surface area contributed by atoms with Crippen molar-refractivity contribution >= 4 is 0 Å². The molecule has 196 valence electrons. The highest BCUT2D eigenvalue weighted by Crippen LogP contribution is 2.61. The third-order valence-corrected chi connectivity index (χ3v) is 8.18. The van der Waals surface area contributed by atoms with Gasteiger partial charge >= 0.3 is 0 Å². The molecule has 0 aromatic rings. The van der Waals surface area contributed by atoms with Gasteiger partial charge in [-0.1, -0.05) is 141 Å². The van der Waals surface area contributed by atoms with Gasteiger partial charge < -0.3 is 0 Å². The van der Waals surface area contributed by atoms with Gasteiger partial charge in [0.25, 0.3) is 0 Å². The maximum Gasteiger partial charge on any atom is -0.0172 e. The van der Waals surface area contributed by atoms with Crippen molar-refractivity contribution in [2.45, 2.75) is 161 Å². The van der Waals surface area contributed by atoms with Crippen LogP contribution in [-0.2, 0) is 0 Å². The van der Waals surface area contributed by atoms with E-state index < -0.39 is 0 Å². The molecule has 3 aliphatic rings. The maximum atomic E-state index is 4.64. The number of hydrogen-bond donors (Lipinski definition) is 0. The Hall–Kier alpha value is -0.260. The van der Waals surface area contributed by atoms with Crippen LogP contribution >= 0.6 is 0 Å². The van der Waals surface area contributed by atoms with Crippen LogP contribution in [0.2, 0.25) is 0 Å². The molecule has 0 nitrogen and oxygen atoms in total. The van der Waals surface area contributed by atoms with Crippen molar-refractivity contribution in [3.8, 4) is 0 Å². The van der Waals surface area contributed by atoms with E-state index in [1.54, 1.807) is 5.57 Å². The van der Waals surface area contributed by atoms with Crippen LogP contribution in [0.3, 0.4) is 0 Å². The predicted molar refractivity (Wildman–Crippen MR) is 154 cm³/mol. The van der Waals surface area contributed by atoms with Gasteiger partial charge in [-0.3, -0.25) is 0 Å². The second-order valence-electron chi connectivity index (χ2n) is 9.12. The zero-order chi connectivity index (χ0) is 25.7. The first-order valence-corrected chi connectivity index (χ1v) is 15.2. The molecule has 6 atom stereocenters. The molecule has 3 aliphatic carbocycles. The highest BCUT2D eigenvalue weighted by atomic mass is 14.6. The van der Waals surface area contributed by atoms with Gasteiger partial charge in [-0.25, -0.2) is 0 Å². The number of hydrogen-bond acceptors (Lipinski definition) is 0. The summed E-state index contributed by atoms with van der Waals surface area (Å²) in [6.45, 7) is 32.4. The summed E-state index contributed by atoms with van der Waals surface area (Å²) in [5.41, 5.74) is 2.23. The van der Waals surface area contributed by atoms with E-state index in [0.29, 0.717) is 5.41 Å². The summed E-state index contributed by atoms with van der Waals surface area (Å²) in [5, 5.41) is 0. The van der Waals surface area contributed by atoms with Gasteiger partial charge in [0.2, 0.25) is 0 Å². The fourth-order valence-corrected chi connectivity index (χ4v) is 6.77. The number of rotatable bonds is 1. The van der Waals surface area contributed by atoms with Crippen LogP contribution in [0.15, 0.2) is 12.2 Å². The molecular weight excluding hydrogens is 384 g/mol. The average Bonchev–Trinajstić information content (AvgIpc) is 3.20. The van der Waals surface area contributed by atoms with Gasteiger partial charge in [0.1, 0.15) is 0 Å². The van der Waals surface area contributed by atoms with Crippen molar-refractivity contribution in [1.29, 1.82) is 0 Å². The molecule has 0 aromatic heterocycles. The molecular formula is C32H68. The Bertz CT molecular complexity index is 395. The van der Waals surface area contributed by atoms with Crippen LogP contribution in [0.4, 0.5) is 0 Å². The molecule has 32 heavy (non-hydrogen) atoms. The van der Waals surface area contributed by atoms with Crippen molar-refractivity contribution < 1.29 is 0 Å². The SMILES string of the molecule is C=C1CC2CCCCCCC1C1CCC(CC)C1(C)C(C)C2.CC.CC.CC.CC.CC. The van der Waals surface area contributed by atoms with E-state index >= 15 is 0 Å². The fourth-order valence-electron chi connectivity index (χ4n) is 6.77. The van der Waals surface area contributed by atoms with Crippen LogP contribution in [0.5, 0.6) is 0 Å². The Morgan fingerprint density at radius 2 is 1.25 bits per heavy atom. The molecule has 3 fully saturated rings. The summed E-state index contributed by atoms with van der Waals surface area (Å²) in [6, 6.07) is 0. The largest absolute Gasteiger partial charge is 0.0996 e. The zero-order valence-corrected chi connectivity index (χ0v) is 25.4. The summed E-state index contributed by atoms with van der Waals surface area (Å²) in [5.74, 6) is 4.57. The number of allylic oxidation sites excluding steroid dienone is 1. The lowest BCUT2D eigenvalue weighted by molar-refractivity contribution is 0.0214. The van der Waals surface area contributed by atoms with Crippen LogP contribution in [0, 0.1) is 35.0 Å². The van der Waals surface area contributed by atoms with Crippen molar-refractivity contribution in [1.82, 2.24) is 0 Å². The standard InChI is InChI=1S/C22H38.5C2H6/c1-5-19-12-13-21-20-11-9-7-6-8-10-18(14-16(20)2)15-17(3)22(19,21)4;5*1-2/h17-21H,2,5-15H2,1,3-4H3;5*1-2H3. The molecule has 0 aliphatic heterocycles. The first kappa shape index (κ1) is 36.3. The molecule has 3 saturated carbocycles. The van der Waals surface area contributed by atoms with E-state index in [2.05, 4.69) is 27.4 Å². The van der Waals surface area contributed by atoms with E-state index in [1.807, 2.05) is 69.2 Å². The lowest BCUT2D eigenvalue weighted by atomic mass is 9.56. The van der Waals surface area contributed by atoms with E-state index in [0.717, 1.165) is 29.6 Å². The summed E-state index contributed by atoms with van der Waals surface area (Å²) in [7, 11) is 0. The Labute approximate surface area is 207 Å². The molecule has 0 aromatic carbocycles. The molecule has 0 heterocycles. The molecule has 0 N–H and O–H groups in total. The molecule has 0 saturated heterocycles. The Balaban J connectivity index is -0.000000744. The first-order valence-electron chi connectivity index (χ1n) is 15.2. The van der Waals surface area contributed by atoms with E-state index in [1.165, 1.54) is 70.6 Å². The van der Waals surface area contributed by atoms with E-state index in [-0.39, 0.29) is 0 Å². The monoisotopic (exact) mass is 453 g/mol. The minimum Gasteiger partial charge on any atom is -0.0996 e. The molecule has 0 spiro atoms. The molecule has 0 amide bonds. The predicted octanol–water partition coefficient (Wildman–Crippen LogP) is 12.1. The van der Waals surface area contributed by atoms with Crippen LogP contribution in [0.1, 0.15) is 161 Å². The normalized spacial score (nSPS) is 33.2. The minimum atomic E-state index is 0.584. The van der Waals surface area contributed by atoms with Gasteiger partial charge in [-0.05, 0) is 67.1 Å². The quantitative estimate of drug-likeness (QED) is 0.347. The van der Waals surface area contributed by atoms with Crippen molar-refractivity contribution in [3.05, 3.63) is 12.2 Å². The molecule has 0 heteroatoms. The summed E-state index contributed by atoms with van der Waals surface area (Å²) < 4.78 is 0. The highest BCUT2D eigenvalue weighted by molar-refractivity contribution is 5.13.